The summed E-state index contributed by atoms with van der Waals surface area (Å²) in [7, 11) is 0. The molecule has 1 N–H and O–H groups in total. The van der Waals surface area contributed by atoms with E-state index in [0.29, 0.717) is 10.6 Å². The Labute approximate surface area is 114 Å². The van der Waals surface area contributed by atoms with Gasteiger partial charge in [-0.05, 0) is 19.1 Å². The largest absolute Gasteiger partial charge is 0.479 e. The van der Waals surface area contributed by atoms with Gasteiger partial charge < -0.3 is 14.4 Å². The molecule has 0 aliphatic rings. The molecule has 1 atom stereocenters. The molecule has 6 nitrogen and oxygen atoms in total. The van der Waals surface area contributed by atoms with Crippen LogP contribution in [0, 0.1) is 0 Å². The number of hydrogen-bond donors (Lipinski definition) is 1. The van der Waals surface area contributed by atoms with Gasteiger partial charge in [0.05, 0.1) is 10.6 Å². The van der Waals surface area contributed by atoms with Crippen LogP contribution in [0.3, 0.4) is 0 Å². The molecule has 2 aromatic rings. The second-order valence-corrected chi connectivity index (χ2v) is 4.19. The number of carboxylic acids is 1. The number of aliphatic carboxylic acids is 1. The van der Waals surface area contributed by atoms with Gasteiger partial charge in [0.25, 0.3) is 5.89 Å². The summed E-state index contributed by atoms with van der Waals surface area (Å²) in [5, 5.41) is 12.9. The van der Waals surface area contributed by atoms with E-state index in [-0.39, 0.29) is 18.3 Å². The van der Waals surface area contributed by atoms with E-state index in [1.54, 1.807) is 24.3 Å². The lowest BCUT2D eigenvalue weighted by Gasteiger charge is -2.04. The van der Waals surface area contributed by atoms with Crippen LogP contribution >= 0.6 is 11.6 Å². The summed E-state index contributed by atoms with van der Waals surface area (Å²) in [6.45, 7) is 1.39. The van der Waals surface area contributed by atoms with E-state index in [9.17, 15) is 4.79 Å². The first-order chi connectivity index (χ1) is 9.08. The predicted molar refractivity (Wildman–Crippen MR) is 66.6 cm³/mol. The van der Waals surface area contributed by atoms with Gasteiger partial charge >= 0.3 is 5.97 Å². The Morgan fingerprint density at radius 2 is 2.26 bits per heavy atom. The number of carboxylic acid groups (broad SMARTS) is 1. The number of ether oxygens (including phenoxy) is 1. The molecule has 0 aliphatic carbocycles. The quantitative estimate of drug-likeness (QED) is 0.906. The fourth-order valence-electron chi connectivity index (χ4n) is 1.33. The molecule has 0 spiro atoms. The summed E-state index contributed by atoms with van der Waals surface area (Å²) in [5.74, 6) is -0.509. The highest BCUT2D eigenvalue weighted by molar-refractivity contribution is 6.33. The van der Waals surface area contributed by atoms with Crippen LogP contribution in [0.15, 0.2) is 28.8 Å². The normalized spacial score (nSPS) is 12.3. The third-order valence-electron chi connectivity index (χ3n) is 2.38. The van der Waals surface area contributed by atoms with Gasteiger partial charge in [-0.15, -0.1) is 0 Å². The lowest BCUT2D eigenvalue weighted by atomic mass is 10.2. The molecule has 100 valence electrons. The zero-order valence-corrected chi connectivity index (χ0v) is 10.8. The van der Waals surface area contributed by atoms with E-state index in [1.165, 1.54) is 6.92 Å². The van der Waals surface area contributed by atoms with Crippen molar-refractivity contribution in [1.82, 2.24) is 10.1 Å². The van der Waals surface area contributed by atoms with Crippen LogP contribution in [0.4, 0.5) is 0 Å². The first-order valence-electron chi connectivity index (χ1n) is 5.50. The first-order valence-corrected chi connectivity index (χ1v) is 5.87. The lowest BCUT2D eigenvalue weighted by Crippen LogP contribution is -2.19. The van der Waals surface area contributed by atoms with Crippen LogP contribution in [0.2, 0.25) is 5.02 Å². The zero-order valence-electron chi connectivity index (χ0n) is 10.0. The van der Waals surface area contributed by atoms with Crippen molar-refractivity contribution in [2.45, 2.75) is 19.6 Å². The van der Waals surface area contributed by atoms with Crippen molar-refractivity contribution in [2.24, 2.45) is 0 Å². The zero-order chi connectivity index (χ0) is 13.8. The Bertz CT molecular complexity index is 585. The molecule has 1 aromatic carbocycles. The summed E-state index contributed by atoms with van der Waals surface area (Å²) in [5.41, 5.74) is 0.620. The summed E-state index contributed by atoms with van der Waals surface area (Å²) >= 11 is 6.00. The second-order valence-electron chi connectivity index (χ2n) is 3.79. The summed E-state index contributed by atoms with van der Waals surface area (Å²) in [6.07, 6.45) is -0.928. The Hall–Kier alpha value is -1.92. The van der Waals surface area contributed by atoms with E-state index < -0.39 is 12.1 Å². The van der Waals surface area contributed by atoms with Gasteiger partial charge in [-0.1, -0.05) is 28.9 Å². The van der Waals surface area contributed by atoms with Crippen LogP contribution in [0.5, 0.6) is 0 Å². The molecule has 1 heterocycles. The van der Waals surface area contributed by atoms with Gasteiger partial charge in [-0.25, -0.2) is 4.79 Å². The number of nitrogens with zero attached hydrogens (tertiary/aromatic N) is 2. The van der Waals surface area contributed by atoms with Gasteiger partial charge in [0.15, 0.2) is 11.9 Å². The topological polar surface area (TPSA) is 85.5 Å². The number of benzene rings is 1. The van der Waals surface area contributed by atoms with Crippen molar-refractivity contribution >= 4 is 17.6 Å². The Morgan fingerprint density at radius 3 is 2.95 bits per heavy atom. The Kier molecular flexibility index (Phi) is 4.13. The molecule has 0 saturated heterocycles. The molecule has 0 amide bonds. The van der Waals surface area contributed by atoms with E-state index in [0.717, 1.165) is 0 Å². The molecule has 1 unspecified atom stereocenters. The average Bonchev–Trinajstić information content (AvgIpc) is 2.85. The number of halogens is 1. The standard InChI is InChI=1S/C12H11ClN2O4/c1-7(12(16)17)18-6-10-14-11(19-15-10)8-4-2-3-5-9(8)13/h2-5,7H,6H2,1H3,(H,16,17). The maximum atomic E-state index is 10.6. The molecule has 0 aliphatic heterocycles. The van der Waals surface area contributed by atoms with Gasteiger partial charge in [0, 0.05) is 0 Å². The number of rotatable bonds is 5. The van der Waals surface area contributed by atoms with Crippen LogP contribution in [0.1, 0.15) is 12.7 Å². The van der Waals surface area contributed by atoms with Crippen molar-refractivity contribution in [3.05, 3.63) is 35.1 Å². The van der Waals surface area contributed by atoms with Crippen molar-refractivity contribution in [1.29, 1.82) is 0 Å². The van der Waals surface area contributed by atoms with Crippen molar-refractivity contribution in [3.63, 3.8) is 0 Å². The molecule has 19 heavy (non-hydrogen) atoms. The third kappa shape index (κ3) is 3.30. The fourth-order valence-corrected chi connectivity index (χ4v) is 1.54. The maximum absolute atomic E-state index is 10.6. The maximum Gasteiger partial charge on any atom is 0.332 e. The summed E-state index contributed by atoms with van der Waals surface area (Å²) in [6, 6.07) is 7.05. The number of carbonyl (C=O) groups is 1. The second kappa shape index (κ2) is 5.81. The molecule has 1 aromatic heterocycles. The fraction of sp³-hybridized carbons (Fsp3) is 0.250. The average molecular weight is 283 g/mol. The highest BCUT2D eigenvalue weighted by Gasteiger charge is 2.15. The highest BCUT2D eigenvalue weighted by atomic mass is 35.5. The van der Waals surface area contributed by atoms with Crippen LogP contribution in [-0.4, -0.2) is 27.3 Å². The minimum atomic E-state index is -1.05. The molecule has 0 bridgehead atoms. The first kappa shape index (κ1) is 13.5. The van der Waals surface area contributed by atoms with Crippen LogP contribution in [0.25, 0.3) is 11.5 Å². The van der Waals surface area contributed by atoms with E-state index in [2.05, 4.69) is 10.1 Å². The van der Waals surface area contributed by atoms with Crippen molar-refractivity contribution in [2.75, 3.05) is 0 Å². The number of aromatic nitrogens is 2. The van der Waals surface area contributed by atoms with E-state index in [4.69, 9.17) is 26.0 Å². The Balaban J connectivity index is 2.08. The molecule has 2 rings (SSSR count). The van der Waals surface area contributed by atoms with Crippen molar-refractivity contribution in [3.8, 4) is 11.5 Å². The third-order valence-corrected chi connectivity index (χ3v) is 2.71. The predicted octanol–water partition coefficient (Wildman–Crippen LogP) is 2.38. The summed E-state index contributed by atoms with van der Waals surface area (Å²) in [4.78, 5) is 14.7. The SMILES string of the molecule is CC(OCc1noc(-c2ccccc2Cl)n1)C(=O)O. The minimum absolute atomic E-state index is 0.0403. The van der Waals surface area contributed by atoms with E-state index >= 15 is 0 Å². The minimum Gasteiger partial charge on any atom is -0.479 e. The van der Waals surface area contributed by atoms with Crippen molar-refractivity contribution < 1.29 is 19.2 Å². The number of hydrogen-bond acceptors (Lipinski definition) is 5. The molecule has 0 radical (unpaired) electrons. The van der Waals surface area contributed by atoms with Gasteiger partial charge in [-0.2, -0.15) is 4.98 Å². The highest BCUT2D eigenvalue weighted by Crippen LogP contribution is 2.25. The van der Waals surface area contributed by atoms with Crippen LogP contribution in [-0.2, 0) is 16.1 Å². The monoisotopic (exact) mass is 282 g/mol. The smallest absolute Gasteiger partial charge is 0.332 e. The molecule has 0 saturated carbocycles. The van der Waals surface area contributed by atoms with Crippen LogP contribution < -0.4 is 0 Å². The lowest BCUT2D eigenvalue weighted by molar-refractivity contribution is -0.150. The van der Waals surface area contributed by atoms with Gasteiger partial charge in [0.2, 0.25) is 0 Å². The molecular weight excluding hydrogens is 272 g/mol. The van der Waals surface area contributed by atoms with Gasteiger partial charge in [0.1, 0.15) is 6.61 Å². The molecular formula is C12H11ClN2O4. The van der Waals surface area contributed by atoms with E-state index in [1.807, 2.05) is 0 Å². The van der Waals surface area contributed by atoms with Gasteiger partial charge in [-0.3, -0.25) is 0 Å². The molecule has 0 fully saturated rings. The molecule has 7 heteroatoms. The summed E-state index contributed by atoms with van der Waals surface area (Å²) < 4.78 is 10.1. The Morgan fingerprint density at radius 1 is 1.53 bits per heavy atom.